The molecule has 3 unspecified atom stereocenters. The van der Waals surface area contributed by atoms with Gasteiger partial charge in [-0.15, -0.1) is 0 Å². The number of carbonyl (C=O) groups excluding carboxylic acids is 16. The Bertz CT molecular complexity index is 5810. The Kier molecular flexibility index (Phi) is 24.0. The molecular weight excluding hydrogens is 1590 g/mol. The van der Waals surface area contributed by atoms with Crippen molar-refractivity contribution in [2.75, 3.05) is 42.1 Å². The second-order valence-corrected chi connectivity index (χ2v) is 28.8. The van der Waals surface area contributed by atoms with Crippen molar-refractivity contribution in [3.05, 3.63) is 220 Å². The number of fused-ring (bicyclic) bond motifs is 4. The lowest BCUT2D eigenvalue weighted by molar-refractivity contribution is -0.385. The molecule has 5 aromatic carbocycles. The predicted molar refractivity (Wildman–Crippen MR) is 417 cm³/mol. The number of Topliss-reactive ketones (excluding diaryl/α,β-unsaturated/α-hetero) is 1. The third-order valence-electron chi connectivity index (χ3n) is 21.1. The highest BCUT2D eigenvalue weighted by molar-refractivity contribution is 6.61. The molecule has 0 radical (unpaired) electrons. The number of halogens is 1. The van der Waals surface area contributed by atoms with E-state index in [-0.39, 0.29) is 141 Å². The number of piperidine rings is 3. The minimum Gasteiger partial charge on any atom is -0.414 e. The Hall–Kier alpha value is -15.1. The fraction of sp³-hybridized carbons (Fsp3) is 0.275. The molecule has 614 valence electrons. The van der Waals surface area contributed by atoms with Gasteiger partial charge in [0.2, 0.25) is 41.4 Å². The van der Waals surface area contributed by atoms with E-state index in [0.29, 0.717) is 60.6 Å². The molecule has 7 aliphatic heterocycles. The highest BCUT2D eigenvalue weighted by atomic mass is 35.5. The molecule has 1 saturated carbocycles. The monoisotopic (exact) mass is 1660 g/mol. The van der Waals surface area contributed by atoms with Gasteiger partial charge in [0.05, 0.1) is 79.2 Å². The molecular formula is C80H69ClN16O23. The summed E-state index contributed by atoms with van der Waals surface area (Å²) in [5, 5.41) is 30.4. The molecule has 0 spiro atoms. The van der Waals surface area contributed by atoms with Gasteiger partial charge in [-0.2, -0.15) is 0 Å². The summed E-state index contributed by atoms with van der Waals surface area (Å²) >= 11 is 4.92. The van der Waals surface area contributed by atoms with Crippen molar-refractivity contribution in [1.82, 2.24) is 55.1 Å². The maximum atomic E-state index is 13.6. The first kappa shape index (κ1) is 82.9. The number of amides is 14. The average Bonchev–Trinajstić information content (AvgIpc) is 1.65. The molecule has 0 bridgehead atoms. The van der Waals surface area contributed by atoms with E-state index in [1.807, 2.05) is 12.1 Å². The minimum absolute atomic E-state index is 0.00107. The van der Waals surface area contributed by atoms with Crippen molar-refractivity contribution in [2.24, 2.45) is 0 Å². The molecule has 3 aromatic heterocycles. The summed E-state index contributed by atoms with van der Waals surface area (Å²) < 4.78 is 11.2. The van der Waals surface area contributed by atoms with Crippen LogP contribution in [0.4, 0.5) is 38.0 Å². The Morgan fingerprint density at radius 3 is 1.53 bits per heavy atom. The van der Waals surface area contributed by atoms with Crippen LogP contribution >= 0.6 is 11.6 Å². The first-order valence-electron chi connectivity index (χ1n) is 37.4. The summed E-state index contributed by atoms with van der Waals surface area (Å²) in [5.41, 5.74) is 8.31. The van der Waals surface area contributed by atoms with E-state index in [9.17, 15) is 102 Å². The molecule has 6 N–H and O–H groups in total. The minimum atomic E-state index is -1.14. The lowest BCUT2D eigenvalue weighted by Crippen LogP contribution is -2.54. The first-order valence-corrected chi connectivity index (χ1v) is 37.8. The fourth-order valence-corrected chi connectivity index (χ4v) is 15.3. The number of hydrogen-bond acceptors (Lipinski definition) is 28. The third-order valence-corrected chi connectivity index (χ3v) is 21.1. The number of hydrogen-bond donors (Lipinski definition) is 5. The molecule has 10 heterocycles. The number of rotatable bonds is 15. The predicted octanol–water partition coefficient (Wildman–Crippen LogP) is 6.31. The first-order chi connectivity index (χ1) is 57.3. The summed E-state index contributed by atoms with van der Waals surface area (Å²) in [6.07, 6.45) is 6.86. The van der Waals surface area contributed by atoms with Gasteiger partial charge < -0.3 is 25.0 Å². The topological polar surface area (TPSA) is 529 Å². The van der Waals surface area contributed by atoms with Crippen molar-refractivity contribution < 1.29 is 96.0 Å². The number of imide groups is 6. The van der Waals surface area contributed by atoms with E-state index in [4.69, 9.17) is 27.1 Å². The van der Waals surface area contributed by atoms with Gasteiger partial charge in [0.15, 0.2) is 5.78 Å². The van der Waals surface area contributed by atoms with Crippen LogP contribution in [0.1, 0.15) is 172 Å². The second kappa shape index (κ2) is 34.8. The molecule has 1 aliphatic carbocycles. The van der Waals surface area contributed by atoms with Crippen LogP contribution in [0, 0.1) is 27.2 Å². The molecule has 39 nitrogen and oxygen atoms in total. The molecule has 14 amide bonds. The number of ether oxygens (including phenoxy) is 2. The van der Waals surface area contributed by atoms with Gasteiger partial charge in [-0.3, -0.25) is 138 Å². The van der Waals surface area contributed by atoms with Crippen LogP contribution in [0.3, 0.4) is 0 Å². The summed E-state index contributed by atoms with van der Waals surface area (Å²) in [6.45, 7) is 5.22. The molecule has 4 saturated heterocycles. The highest BCUT2D eigenvalue weighted by Gasteiger charge is 2.49. The number of pyridine rings is 2. The van der Waals surface area contributed by atoms with Gasteiger partial charge in [0, 0.05) is 110 Å². The zero-order valence-electron chi connectivity index (χ0n) is 63.5. The van der Waals surface area contributed by atoms with E-state index < -0.39 is 110 Å². The van der Waals surface area contributed by atoms with Crippen LogP contribution in [0.2, 0.25) is 0 Å². The van der Waals surface area contributed by atoms with Crippen molar-refractivity contribution in [2.45, 2.75) is 115 Å². The lowest BCUT2D eigenvalue weighted by atomic mass is 9.99. The number of ketones is 1. The molecule has 120 heavy (non-hydrogen) atoms. The smallest absolute Gasteiger partial charge is 0.414 e. The zero-order valence-corrected chi connectivity index (χ0v) is 64.3. The summed E-state index contributed by atoms with van der Waals surface area (Å²) in [4.78, 5) is 250. The Morgan fingerprint density at radius 2 is 1.05 bits per heavy atom. The van der Waals surface area contributed by atoms with Crippen molar-refractivity contribution in [3.63, 3.8) is 0 Å². The molecule has 3 atom stereocenters. The Balaban J connectivity index is 0.000000160. The summed E-state index contributed by atoms with van der Waals surface area (Å²) in [7, 11) is 0. The van der Waals surface area contributed by atoms with Crippen molar-refractivity contribution >= 4 is 145 Å². The average molecular weight is 1660 g/mol. The number of piperazine rings is 1. The van der Waals surface area contributed by atoms with Gasteiger partial charge in [0.25, 0.3) is 52.4 Å². The molecule has 8 aromatic rings. The number of aromatic nitrogens is 4. The van der Waals surface area contributed by atoms with Gasteiger partial charge in [0.1, 0.15) is 41.1 Å². The summed E-state index contributed by atoms with van der Waals surface area (Å²) in [5.74, 6) is -6.98. The normalized spacial score (nSPS) is 18.1. The maximum absolute atomic E-state index is 13.6. The van der Waals surface area contributed by atoms with Gasteiger partial charge in [-0.1, -0.05) is 37.1 Å². The largest absolute Gasteiger partial charge is 0.417 e. The molecule has 5 fully saturated rings. The van der Waals surface area contributed by atoms with Gasteiger partial charge in [-0.05, 0) is 124 Å². The standard InChI is InChI=1S/C40H40N8O7.C20H14N4O8.C13H11N3O4.C7H4ClNO4/c1-22-29-21-42-31(43-36(29)47(26-7-3-4-8-26)39(54)34(22)23(2)49)19-25-10-11-27(20-41-25)45-14-16-46(17-15-45)33(51)18-24-6-5-9-28-35(24)40(55)48(38(28)53)30-12-13-32(50)44-37(30)52;25-15-9-8-14(17(26)22-15)23-18(27)12-2-1-3-13(16(12)19(23)28)21-20(29)32-11-6-4-10(5-7-11)24(30)31;14-7-3-1-2-6-10(7)13(20)16(12(6)19)8-4-5-9(17)15-11(8)18;8-7(10)13-6-3-1-5(2-4-6)9(11)12/h5-6,9-11,20-21,26,30H,3-4,7-8,12-19H2,1-2H3,(H,44,50,52);1-7,14H,8-9H2,(H,21,29)(H,22,25,26);1-3,8H,4-5,14H2,(H,15,17,18);1-4H. The summed E-state index contributed by atoms with van der Waals surface area (Å²) in [6, 6.07) is 24.1. The third kappa shape index (κ3) is 17.1. The number of aryl methyl sites for hydroxylation is 1. The number of carbonyl (C=O) groups is 16. The van der Waals surface area contributed by atoms with E-state index in [1.165, 1.54) is 79.7 Å². The van der Waals surface area contributed by atoms with Crippen LogP contribution in [0.15, 0.2) is 132 Å². The van der Waals surface area contributed by atoms with Crippen molar-refractivity contribution in [3.8, 4) is 11.5 Å². The number of nitro groups is 2. The van der Waals surface area contributed by atoms with Crippen LogP contribution in [0.25, 0.3) is 11.0 Å². The maximum Gasteiger partial charge on any atom is 0.417 e. The van der Waals surface area contributed by atoms with Crippen LogP contribution < -0.4 is 46.9 Å². The van der Waals surface area contributed by atoms with Gasteiger partial charge in [-0.25, -0.2) is 19.6 Å². The number of nitro benzene ring substituents is 2. The molecule has 8 aliphatic rings. The fourth-order valence-electron chi connectivity index (χ4n) is 15.2. The van der Waals surface area contributed by atoms with E-state index in [0.717, 1.165) is 63.9 Å². The second-order valence-electron chi connectivity index (χ2n) is 28.5. The zero-order chi connectivity index (χ0) is 85.8. The highest BCUT2D eigenvalue weighted by Crippen LogP contribution is 2.37. The number of non-ortho nitro benzene ring substituents is 2. The number of nitrogens with zero attached hydrogens (tertiary/aromatic N) is 11. The quantitative estimate of drug-likeness (QED) is 0.0187. The van der Waals surface area contributed by atoms with Crippen molar-refractivity contribution in [1.29, 1.82) is 0 Å². The number of nitrogens with two attached hydrogens (primary N) is 1. The van der Waals surface area contributed by atoms with Gasteiger partial charge >= 0.3 is 11.5 Å². The number of nitrogen functional groups attached to an aromatic ring is 1. The Morgan fingerprint density at radius 1 is 0.567 bits per heavy atom. The van der Waals surface area contributed by atoms with Crippen LogP contribution in [-0.4, -0.2) is 187 Å². The molecule has 16 rings (SSSR count). The lowest BCUT2D eigenvalue weighted by Gasteiger charge is -2.36. The van der Waals surface area contributed by atoms with E-state index >= 15 is 0 Å². The van der Waals surface area contributed by atoms with Crippen LogP contribution in [-0.2, 0) is 46.4 Å². The SMILES string of the molecule is CC(=O)c1c(C)c2cnc(Cc3ccc(N4CCN(C(=O)Cc5cccc6c5C(=O)N(C5CCC(=O)NC5=O)C6=O)CC4)cn3)nc2n(C2CCCC2)c1=O.Nc1cccc2c1C(=O)N(C1CCC(=O)NC1=O)C2=O.O=C(Cl)Oc1ccc([N+](=O)[O-])cc1.O=C1CCC(N2C(=O)c3cccc(NC(=O)Oc4ccc([N+](=O)[O-])cc4)c3C2=O)C(=O)N1. The van der Waals surface area contributed by atoms with E-state index in [1.54, 1.807) is 47.0 Å². The van der Waals surface area contributed by atoms with Crippen LogP contribution in [0.5, 0.6) is 11.5 Å². The Labute approximate surface area is 681 Å². The number of nitrogens with one attached hydrogen (secondary N) is 4. The molecule has 40 heteroatoms. The van der Waals surface area contributed by atoms with E-state index in [2.05, 4.69) is 40.9 Å². The number of anilines is 3. The number of benzene rings is 5.